The molecule has 2 aromatic rings. The zero-order valence-electron chi connectivity index (χ0n) is 16.7. The number of carbonyl (C=O) groups is 2. The summed E-state index contributed by atoms with van der Waals surface area (Å²) in [7, 11) is 1.74. The number of benzene rings is 2. The number of hydrogen-bond donors (Lipinski definition) is 1. The zero-order valence-corrected chi connectivity index (χ0v) is 16.7. The number of carbonyl (C=O) groups excluding carboxylic acids is 2. The van der Waals surface area contributed by atoms with E-state index in [-0.39, 0.29) is 23.8 Å². The Kier molecular flexibility index (Phi) is 6.61. The summed E-state index contributed by atoms with van der Waals surface area (Å²) in [6, 6.07) is 15.2. The minimum atomic E-state index is -0.226. The minimum Gasteiger partial charge on any atom is -0.483 e. The van der Waals surface area contributed by atoms with Crippen molar-refractivity contribution in [2.45, 2.75) is 39.7 Å². The molecule has 0 aliphatic rings. The highest BCUT2D eigenvalue weighted by Gasteiger charge is 2.19. The van der Waals surface area contributed by atoms with E-state index >= 15 is 0 Å². The number of para-hydroxylation sites is 1. The summed E-state index contributed by atoms with van der Waals surface area (Å²) in [6.07, 6.45) is 0. The Bertz CT molecular complexity index is 809. The molecule has 144 valence electrons. The van der Waals surface area contributed by atoms with E-state index in [2.05, 4.69) is 26.1 Å². The average Bonchev–Trinajstić information content (AvgIpc) is 2.59. The van der Waals surface area contributed by atoms with Crippen LogP contribution in [0.5, 0.6) is 5.75 Å². The summed E-state index contributed by atoms with van der Waals surface area (Å²) in [5.74, 6) is 0.489. The molecule has 0 spiro atoms. The molecule has 1 N–H and O–H groups in total. The number of rotatable bonds is 6. The molecule has 2 amide bonds. The van der Waals surface area contributed by atoms with E-state index in [1.165, 1.54) is 6.92 Å². The van der Waals surface area contributed by atoms with Gasteiger partial charge in [-0.15, -0.1) is 0 Å². The fourth-order valence-electron chi connectivity index (χ4n) is 2.69. The van der Waals surface area contributed by atoms with E-state index in [4.69, 9.17) is 4.74 Å². The molecule has 0 aromatic heterocycles. The molecule has 0 unspecified atom stereocenters. The third kappa shape index (κ3) is 6.13. The SMILES string of the molecule is CC(=O)N(C)Cc1cccc(NC(=O)COc2ccccc2C(C)(C)C)c1. The van der Waals surface area contributed by atoms with Gasteiger partial charge in [-0.05, 0) is 34.7 Å². The fourth-order valence-corrected chi connectivity index (χ4v) is 2.69. The van der Waals surface area contributed by atoms with E-state index in [1.807, 2.05) is 48.5 Å². The maximum Gasteiger partial charge on any atom is 0.262 e. The van der Waals surface area contributed by atoms with Crippen LogP contribution in [0.1, 0.15) is 38.8 Å². The highest BCUT2D eigenvalue weighted by atomic mass is 16.5. The Hall–Kier alpha value is -2.82. The largest absolute Gasteiger partial charge is 0.483 e. The molecule has 0 saturated heterocycles. The Morgan fingerprint density at radius 3 is 2.44 bits per heavy atom. The Labute approximate surface area is 161 Å². The second-order valence-corrected chi connectivity index (χ2v) is 7.66. The van der Waals surface area contributed by atoms with Gasteiger partial charge in [0, 0.05) is 26.2 Å². The molecule has 5 nitrogen and oxygen atoms in total. The van der Waals surface area contributed by atoms with Crippen LogP contribution in [0, 0.1) is 0 Å². The first kappa shape index (κ1) is 20.5. The van der Waals surface area contributed by atoms with Gasteiger partial charge >= 0.3 is 0 Å². The lowest BCUT2D eigenvalue weighted by Gasteiger charge is -2.22. The van der Waals surface area contributed by atoms with Crippen molar-refractivity contribution in [1.29, 1.82) is 0 Å². The second-order valence-electron chi connectivity index (χ2n) is 7.66. The summed E-state index contributed by atoms with van der Waals surface area (Å²) >= 11 is 0. The molecular weight excluding hydrogens is 340 g/mol. The second kappa shape index (κ2) is 8.71. The lowest BCUT2D eigenvalue weighted by molar-refractivity contribution is -0.128. The number of nitrogens with one attached hydrogen (secondary N) is 1. The van der Waals surface area contributed by atoms with E-state index < -0.39 is 0 Å². The number of ether oxygens (including phenoxy) is 1. The molecule has 0 aliphatic carbocycles. The normalized spacial score (nSPS) is 11.0. The standard InChI is InChI=1S/C22H28N2O3/c1-16(25)24(5)14-17-9-8-10-18(13-17)23-21(26)15-27-20-12-7-6-11-19(20)22(2,3)4/h6-13H,14-15H2,1-5H3,(H,23,26). The molecule has 2 aromatic carbocycles. The van der Waals surface area contributed by atoms with Crippen LogP contribution in [0.15, 0.2) is 48.5 Å². The molecule has 5 heteroatoms. The van der Waals surface area contributed by atoms with Crippen LogP contribution in [-0.4, -0.2) is 30.4 Å². The molecule has 0 fully saturated rings. The molecular formula is C22H28N2O3. The van der Waals surface area contributed by atoms with Crippen molar-refractivity contribution in [3.63, 3.8) is 0 Å². The Morgan fingerprint density at radius 1 is 1.07 bits per heavy atom. The summed E-state index contributed by atoms with van der Waals surface area (Å²) in [6.45, 7) is 8.29. The van der Waals surface area contributed by atoms with Gasteiger partial charge in [-0.3, -0.25) is 9.59 Å². The molecule has 0 aliphatic heterocycles. The van der Waals surface area contributed by atoms with Crippen LogP contribution < -0.4 is 10.1 Å². The molecule has 27 heavy (non-hydrogen) atoms. The van der Waals surface area contributed by atoms with E-state index in [0.29, 0.717) is 12.2 Å². The number of nitrogens with zero attached hydrogens (tertiary/aromatic N) is 1. The summed E-state index contributed by atoms with van der Waals surface area (Å²) in [4.78, 5) is 25.3. The number of amides is 2. The third-order valence-electron chi connectivity index (χ3n) is 4.22. The van der Waals surface area contributed by atoms with Gasteiger partial charge in [0.15, 0.2) is 6.61 Å². The van der Waals surface area contributed by atoms with Crippen molar-refractivity contribution in [2.24, 2.45) is 0 Å². The lowest BCUT2D eigenvalue weighted by atomic mass is 9.86. The van der Waals surface area contributed by atoms with Crippen molar-refractivity contribution >= 4 is 17.5 Å². The average molecular weight is 368 g/mol. The van der Waals surface area contributed by atoms with E-state index in [9.17, 15) is 9.59 Å². The minimum absolute atomic E-state index is 0.00430. The molecule has 0 saturated carbocycles. The van der Waals surface area contributed by atoms with Gasteiger partial charge < -0.3 is 15.0 Å². The predicted molar refractivity (Wildman–Crippen MR) is 108 cm³/mol. The van der Waals surface area contributed by atoms with Crippen LogP contribution in [-0.2, 0) is 21.5 Å². The zero-order chi connectivity index (χ0) is 20.0. The van der Waals surface area contributed by atoms with Gasteiger partial charge in [0.25, 0.3) is 5.91 Å². The van der Waals surface area contributed by atoms with Gasteiger partial charge in [-0.2, -0.15) is 0 Å². The van der Waals surface area contributed by atoms with Crippen LogP contribution in [0.4, 0.5) is 5.69 Å². The van der Waals surface area contributed by atoms with E-state index in [0.717, 1.165) is 16.9 Å². The molecule has 0 radical (unpaired) electrons. The van der Waals surface area contributed by atoms with Crippen LogP contribution >= 0.6 is 0 Å². The van der Waals surface area contributed by atoms with Gasteiger partial charge in [0.05, 0.1) is 0 Å². The predicted octanol–water partition coefficient (Wildman–Crippen LogP) is 3.98. The van der Waals surface area contributed by atoms with Crippen LogP contribution in [0.3, 0.4) is 0 Å². The van der Waals surface area contributed by atoms with Crippen molar-refractivity contribution in [2.75, 3.05) is 19.0 Å². The Morgan fingerprint density at radius 2 is 1.78 bits per heavy atom. The first-order chi connectivity index (χ1) is 12.7. The van der Waals surface area contributed by atoms with Crippen LogP contribution in [0.2, 0.25) is 0 Å². The number of anilines is 1. The van der Waals surface area contributed by atoms with Gasteiger partial charge in [-0.25, -0.2) is 0 Å². The van der Waals surface area contributed by atoms with Crippen molar-refractivity contribution in [1.82, 2.24) is 4.90 Å². The van der Waals surface area contributed by atoms with Crippen molar-refractivity contribution < 1.29 is 14.3 Å². The topological polar surface area (TPSA) is 58.6 Å². The van der Waals surface area contributed by atoms with E-state index in [1.54, 1.807) is 11.9 Å². The fraction of sp³-hybridized carbons (Fsp3) is 0.364. The summed E-state index contributed by atoms with van der Waals surface area (Å²) < 4.78 is 5.76. The monoisotopic (exact) mass is 368 g/mol. The maximum absolute atomic E-state index is 12.3. The van der Waals surface area contributed by atoms with Gasteiger partial charge in [-0.1, -0.05) is 51.1 Å². The van der Waals surface area contributed by atoms with Crippen molar-refractivity contribution in [3.8, 4) is 5.75 Å². The van der Waals surface area contributed by atoms with Gasteiger partial charge in [0.2, 0.25) is 5.91 Å². The lowest BCUT2D eigenvalue weighted by Crippen LogP contribution is -2.23. The molecule has 0 heterocycles. The third-order valence-corrected chi connectivity index (χ3v) is 4.22. The molecule has 0 bridgehead atoms. The summed E-state index contributed by atoms with van der Waals surface area (Å²) in [5.41, 5.74) is 2.63. The highest BCUT2D eigenvalue weighted by Crippen LogP contribution is 2.30. The summed E-state index contributed by atoms with van der Waals surface area (Å²) in [5, 5.41) is 2.85. The van der Waals surface area contributed by atoms with Crippen molar-refractivity contribution in [3.05, 3.63) is 59.7 Å². The molecule has 2 rings (SSSR count). The van der Waals surface area contributed by atoms with Crippen LogP contribution in [0.25, 0.3) is 0 Å². The maximum atomic E-state index is 12.3. The molecule has 0 atom stereocenters. The first-order valence-electron chi connectivity index (χ1n) is 8.99. The van der Waals surface area contributed by atoms with Gasteiger partial charge in [0.1, 0.15) is 5.75 Å². The Balaban J connectivity index is 1.98. The first-order valence-corrected chi connectivity index (χ1v) is 8.99. The smallest absolute Gasteiger partial charge is 0.262 e. The number of hydrogen-bond acceptors (Lipinski definition) is 3. The highest BCUT2D eigenvalue weighted by molar-refractivity contribution is 5.92. The quantitative estimate of drug-likeness (QED) is 0.839.